The molecule has 1 saturated heterocycles. The van der Waals surface area contributed by atoms with Gasteiger partial charge >= 0.3 is 0 Å². The maximum atomic E-state index is 12.1. The minimum atomic E-state index is -0.533. The second-order valence-corrected chi connectivity index (χ2v) is 4.64. The molecule has 1 amide bonds. The monoisotopic (exact) mass is 315 g/mol. The number of ether oxygens (including phenoxy) is 1. The SMILES string of the molecule is COc1ccc([N+](=O)[O-])cc1C(=O)NCC1CCCN1.Cl. The Bertz CT molecular complexity index is 518. The summed E-state index contributed by atoms with van der Waals surface area (Å²) in [5.74, 6) is -0.0354. The van der Waals surface area contributed by atoms with Crippen LogP contribution in [-0.4, -0.2) is 37.1 Å². The Morgan fingerprint density at radius 1 is 1.57 bits per heavy atom. The molecule has 0 bridgehead atoms. The molecular formula is C13H18ClN3O4. The Kier molecular flexibility index (Phi) is 6.39. The maximum Gasteiger partial charge on any atom is 0.270 e. The molecule has 0 aliphatic carbocycles. The lowest BCUT2D eigenvalue weighted by Crippen LogP contribution is -2.37. The third-order valence-electron chi connectivity index (χ3n) is 3.31. The molecule has 21 heavy (non-hydrogen) atoms. The smallest absolute Gasteiger partial charge is 0.270 e. The van der Waals surface area contributed by atoms with Crippen molar-refractivity contribution in [2.75, 3.05) is 20.2 Å². The first kappa shape index (κ1) is 17.2. The van der Waals surface area contributed by atoms with E-state index in [9.17, 15) is 14.9 Å². The fourth-order valence-electron chi connectivity index (χ4n) is 2.23. The van der Waals surface area contributed by atoms with Crippen LogP contribution in [0.1, 0.15) is 23.2 Å². The van der Waals surface area contributed by atoms with Crippen LogP contribution in [0.5, 0.6) is 5.75 Å². The lowest BCUT2D eigenvalue weighted by atomic mass is 10.1. The molecule has 0 spiro atoms. The molecule has 8 heteroatoms. The van der Waals surface area contributed by atoms with Gasteiger partial charge in [0.1, 0.15) is 5.75 Å². The van der Waals surface area contributed by atoms with Crippen LogP contribution in [0.3, 0.4) is 0 Å². The molecule has 1 unspecified atom stereocenters. The van der Waals surface area contributed by atoms with E-state index >= 15 is 0 Å². The predicted octanol–water partition coefficient (Wildman–Crippen LogP) is 1.51. The average molecular weight is 316 g/mol. The van der Waals surface area contributed by atoms with Gasteiger partial charge in [0.25, 0.3) is 11.6 Å². The van der Waals surface area contributed by atoms with Gasteiger partial charge < -0.3 is 15.4 Å². The molecule has 1 fully saturated rings. The zero-order valence-electron chi connectivity index (χ0n) is 11.6. The number of halogens is 1. The summed E-state index contributed by atoms with van der Waals surface area (Å²) in [6.07, 6.45) is 2.12. The van der Waals surface area contributed by atoms with Gasteiger partial charge in [0.15, 0.2) is 0 Å². The Hall–Kier alpha value is -1.86. The summed E-state index contributed by atoms with van der Waals surface area (Å²) in [6.45, 7) is 1.46. The molecule has 2 N–H and O–H groups in total. The summed E-state index contributed by atoms with van der Waals surface area (Å²) in [5, 5.41) is 16.8. The number of methoxy groups -OCH3 is 1. The van der Waals surface area contributed by atoms with Crippen LogP contribution >= 0.6 is 12.4 Å². The summed E-state index contributed by atoms with van der Waals surface area (Å²) < 4.78 is 5.07. The Balaban J connectivity index is 0.00000220. The van der Waals surface area contributed by atoms with E-state index in [4.69, 9.17) is 4.74 Å². The molecule has 1 heterocycles. The van der Waals surface area contributed by atoms with Crippen LogP contribution in [-0.2, 0) is 0 Å². The molecule has 116 valence electrons. The molecule has 2 rings (SSSR count). The second-order valence-electron chi connectivity index (χ2n) is 4.64. The largest absolute Gasteiger partial charge is 0.496 e. The van der Waals surface area contributed by atoms with E-state index in [-0.39, 0.29) is 35.6 Å². The number of non-ortho nitro benzene ring substituents is 1. The molecule has 1 aromatic rings. The van der Waals surface area contributed by atoms with Crippen molar-refractivity contribution in [1.82, 2.24) is 10.6 Å². The molecule has 1 aliphatic rings. The van der Waals surface area contributed by atoms with Gasteiger partial charge in [-0.1, -0.05) is 0 Å². The van der Waals surface area contributed by atoms with Crippen LogP contribution in [0.4, 0.5) is 5.69 Å². The molecule has 7 nitrogen and oxygen atoms in total. The highest BCUT2D eigenvalue weighted by Gasteiger charge is 2.19. The van der Waals surface area contributed by atoms with Crippen molar-refractivity contribution in [1.29, 1.82) is 0 Å². The van der Waals surface area contributed by atoms with Gasteiger partial charge in [-0.2, -0.15) is 0 Å². The number of nitro benzene ring substituents is 1. The van der Waals surface area contributed by atoms with Gasteiger partial charge in [0.05, 0.1) is 17.6 Å². The highest BCUT2D eigenvalue weighted by Crippen LogP contribution is 2.23. The van der Waals surface area contributed by atoms with Crippen LogP contribution in [0.25, 0.3) is 0 Å². The molecule has 0 aromatic heterocycles. The molecule has 1 aliphatic heterocycles. The fourth-order valence-corrected chi connectivity index (χ4v) is 2.23. The highest BCUT2D eigenvalue weighted by atomic mass is 35.5. The van der Waals surface area contributed by atoms with E-state index in [0.29, 0.717) is 12.3 Å². The van der Waals surface area contributed by atoms with Crippen LogP contribution in [0, 0.1) is 10.1 Å². The number of carbonyl (C=O) groups excluding carboxylic acids is 1. The van der Waals surface area contributed by atoms with Crippen molar-refractivity contribution in [3.63, 3.8) is 0 Å². The molecule has 0 saturated carbocycles. The number of hydrogen-bond acceptors (Lipinski definition) is 5. The first-order chi connectivity index (χ1) is 9.61. The molecule has 1 atom stereocenters. The first-order valence-corrected chi connectivity index (χ1v) is 6.46. The number of hydrogen-bond donors (Lipinski definition) is 2. The van der Waals surface area contributed by atoms with Crippen molar-refractivity contribution in [3.05, 3.63) is 33.9 Å². The highest BCUT2D eigenvalue weighted by molar-refractivity contribution is 5.97. The van der Waals surface area contributed by atoms with E-state index in [2.05, 4.69) is 10.6 Å². The van der Waals surface area contributed by atoms with Gasteiger partial charge in [0, 0.05) is 24.7 Å². The van der Waals surface area contributed by atoms with E-state index in [1.807, 2.05) is 0 Å². The maximum absolute atomic E-state index is 12.1. The Morgan fingerprint density at radius 2 is 2.33 bits per heavy atom. The van der Waals surface area contributed by atoms with Crippen LogP contribution in [0.2, 0.25) is 0 Å². The number of nitro groups is 1. The summed E-state index contributed by atoms with van der Waals surface area (Å²) in [4.78, 5) is 22.3. The van der Waals surface area contributed by atoms with E-state index in [1.165, 1.54) is 25.3 Å². The minimum Gasteiger partial charge on any atom is -0.496 e. The van der Waals surface area contributed by atoms with E-state index in [1.54, 1.807) is 0 Å². The van der Waals surface area contributed by atoms with Crippen molar-refractivity contribution >= 4 is 24.0 Å². The first-order valence-electron chi connectivity index (χ1n) is 6.46. The summed E-state index contributed by atoms with van der Waals surface area (Å²) >= 11 is 0. The summed E-state index contributed by atoms with van der Waals surface area (Å²) in [5.41, 5.74) is 0.0506. The Labute approximate surface area is 128 Å². The Morgan fingerprint density at radius 3 is 2.90 bits per heavy atom. The van der Waals surface area contributed by atoms with Gasteiger partial charge in [0.2, 0.25) is 0 Å². The lowest BCUT2D eigenvalue weighted by molar-refractivity contribution is -0.384. The number of benzene rings is 1. The molecule has 1 aromatic carbocycles. The van der Waals surface area contributed by atoms with E-state index in [0.717, 1.165) is 19.4 Å². The predicted molar refractivity (Wildman–Crippen MR) is 80.3 cm³/mol. The number of nitrogens with one attached hydrogen (secondary N) is 2. The van der Waals surface area contributed by atoms with E-state index < -0.39 is 4.92 Å². The third-order valence-corrected chi connectivity index (χ3v) is 3.31. The number of carbonyl (C=O) groups is 1. The lowest BCUT2D eigenvalue weighted by Gasteiger charge is -2.13. The van der Waals surface area contributed by atoms with Crippen LogP contribution < -0.4 is 15.4 Å². The van der Waals surface area contributed by atoms with Crippen LogP contribution in [0.15, 0.2) is 18.2 Å². The minimum absolute atomic E-state index is 0. The van der Waals surface area contributed by atoms with Crippen molar-refractivity contribution in [2.24, 2.45) is 0 Å². The van der Waals surface area contributed by atoms with Crippen molar-refractivity contribution in [2.45, 2.75) is 18.9 Å². The van der Waals surface area contributed by atoms with Gasteiger partial charge in [-0.15, -0.1) is 12.4 Å². The zero-order chi connectivity index (χ0) is 14.5. The summed E-state index contributed by atoms with van der Waals surface area (Å²) in [7, 11) is 1.43. The average Bonchev–Trinajstić information content (AvgIpc) is 2.97. The van der Waals surface area contributed by atoms with Crippen molar-refractivity contribution in [3.8, 4) is 5.75 Å². The fraction of sp³-hybridized carbons (Fsp3) is 0.462. The topological polar surface area (TPSA) is 93.5 Å². The van der Waals surface area contributed by atoms with Gasteiger partial charge in [-0.05, 0) is 25.5 Å². The second kappa shape index (κ2) is 7.80. The standard InChI is InChI=1S/C13H17N3O4.ClH/c1-20-12-5-4-10(16(18)19)7-11(12)13(17)15-8-9-3-2-6-14-9;/h4-5,7,9,14H,2-3,6,8H2,1H3,(H,15,17);1H. The normalized spacial score (nSPS) is 16.9. The number of nitrogens with zero attached hydrogens (tertiary/aromatic N) is 1. The molecular weight excluding hydrogens is 298 g/mol. The quantitative estimate of drug-likeness (QED) is 0.634. The van der Waals surface area contributed by atoms with Gasteiger partial charge in [-0.25, -0.2) is 0 Å². The zero-order valence-corrected chi connectivity index (χ0v) is 12.4. The van der Waals surface area contributed by atoms with Gasteiger partial charge in [-0.3, -0.25) is 14.9 Å². The number of amides is 1. The third kappa shape index (κ3) is 4.30. The molecule has 0 radical (unpaired) electrons. The number of rotatable bonds is 5. The van der Waals surface area contributed by atoms with Crippen molar-refractivity contribution < 1.29 is 14.5 Å². The summed E-state index contributed by atoms with van der Waals surface area (Å²) in [6, 6.07) is 4.24.